The molecule has 18 heavy (non-hydrogen) atoms. The summed E-state index contributed by atoms with van der Waals surface area (Å²) in [6.07, 6.45) is 0. The Balaban J connectivity index is 2.27. The van der Waals surface area contributed by atoms with Gasteiger partial charge in [-0.2, -0.15) is 0 Å². The minimum absolute atomic E-state index is 0.0500. The number of phenols is 1. The average molecular weight is 263 g/mol. The van der Waals surface area contributed by atoms with Crippen LogP contribution in [0.25, 0.3) is 0 Å². The van der Waals surface area contributed by atoms with Crippen LogP contribution < -0.4 is 4.74 Å². The van der Waals surface area contributed by atoms with Gasteiger partial charge >= 0.3 is 0 Å². The van der Waals surface area contributed by atoms with E-state index in [0.717, 1.165) is 0 Å². The second-order valence-corrected chi connectivity index (χ2v) is 4.23. The zero-order valence-corrected chi connectivity index (χ0v) is 10.4. The molecule has 92 valence electrons. The van der Waals surface area contributed by atoms with E-state index >= 15 is 0 Å². The Bertz CT molecular complexity index is 576. The molecule has 0 aliphatic rings. The SMILES string of the molecule is CC(=O)c1cc(Oc2ccc(Cl)cc2)ccc1O. The van der Waals surface area contributed by atoms with Crippen LogP contribution in [0.5, 0.6) is 17.2 Å². The van der Waals surface area contributed by atoms with Gasteiger partial charge in [-0.25, -0.2) is 0 Å². The van der Waals surface area contributed by atoms with E-state index in [4.69, 9.17) is 16.3 Å². The quantitative estimate of drug-likeness (QED) is 0.849. The number of ether oxygens (including phenoxy) is 1. The Labute approximate surface area is 110 Å². The lowest BCUT2D eigenvalue weighted by Gasteiger charge is -2.07. The standard InChI is InChI=1S/C14H11ClO3/c1-9(16)13-8-12(6-7-14(13)17)18-11-4-2-10(15)3-5-11/h2-8,17H,1H3. The van der Waals surface area contributed by atoms with E-state index in [0.29, 0.717) is 16.5 Å². The van der Waals surface area contributed by atoms with Crippen LogP contribution in [0.1, 0.15) is 17.3 Å². The van der Waals surface area contributed by atoms with E-state index in [2.05, 4.69) is 0 Å². The largest absolute Gasteiger partial charge is 0.507 e. The molecule has 0 radical (unpaired) electrons. The predicted molar refractivity (Wildman–Crippen MR) is 69.6 cm³/mol. The van der Waals surface area contributed by atoms with Crippen LogP contribution in [0.4, 0.5) is 0 Å². The number of phenolic OH excluding ortho intramolecular Hbond substituents is 1. The lowest BCUT2D eigenvalue weighted by atomic mass is 10.1. The minimum atomic E-state index is -0.214. The van der Waals surface area contributed by atoms with Crippen molar-refractivity contribution < 1.29 is 14.6 Å². The minimum Gasteiger partial charge on any atom is -0.507 e. The number of ketones is 1. The fourth-order valence-corrected chi connectivity index (χ4v) is 1.63. The Morgan fingerprint density at radius 2 is 1.72 bits per heavy atom. The third-order valence-electron chi connectivity index (χ3n) is 2.40. The molecule has 2 aromatic rings. The van der Waals surface area contributed by atoms with Crippen molar-refractivity contribution in [2.45, 2.75) is 6.92 Å². The summed E-state index contributed by atoms with van der Waals surface area (Å²) in [5.41, 5.74) is 0.237. The van der Waals surface area contributed by atoms with Crippen molar-refractivity contribution in [1.82, 2.24) is 0 Å². The molecule has 0 spiro atoms. The van der Waals surface area contributed by atoms with Crippen molar-refractivity contribution in [3.05, 3.63) is 53.1 Å². The van der Waals surface area contributed by atoms with Crippen molar-refractivity contribution in [1.29, 1.82) is 0 Å². The molecule has 0 unspecified atom stereocenters. The number of hydrogen-bond donors (Lipinski definition) is 1. The third kappa shape index (κ3) is 2.81. The molecule has 2 rings (SSSR count). The molecule has 0 atom stereocenters. The summed E-state index contributed by atoms with van der Waals surface area (Å²) in [7, 11) is 0. The molecule has 3 nitrogen and oxygen atoms in total. The number of rotatable bonds is 3. The normalized spacial score (nSPS) is 10.1. The topological polar surface area (TPSA) is 46.5 Å². The Morgan fingerprint density at radius 3 is 2.33 bits per heavy atom. The summed E-state index contributed by atoms with van der Waals surface area (Å²) in [6.45, 7) is 1.39. The molecule has 0 saturated heterocycles. The zero-order chi connectivity index (χ0) is 13.1. The second-order valence-electron chi connectivity index (χ2n) is 3.79. The molecule has 1 N–H and O–H groups in total. The molecule has 0 fully saturated rings. The van der Waals surface area contributed by atoms with E-state index < -0.39 is 0 Å². The van der Waals surface area contributed by atoms with Gasteiger partial charge in [-0.05, 0) is 49.4 Å². The van der Waals surface area contributed by atoms with E-state index in [1.54, 1.807) is 30.3 Å². The van der Waals surface area contributed by atoms with Crippen LogP contribution in [0.15, 0.2) is 42.5 Å². The monoisotopic (exact) mass is 262 g/mol. The Kier molecular flexibility index (Phi) is 3.53. The van der Waals surface area contributed by atoms with Gasteiger partial charge in [-0.3, -0.25) is 4.79 Å². The number of carbonyl (C=O) groups excluding carboxylic acids is 1. The molecule has 0 amide bonds. The summed E-state index contributed by atoms with van der Waals surface area (Å²) in [5.74, 6) is 0.833. The molecule has 0 heterocycles. The van der Waals surface area contributed by atoms with Crippen molar-refractivity contribution in [3.8, 4) is 17.2 Å². The smallest absolute Gasteiger partial charge is 0.163 e. The maximum Gasteiger partial charge on any atom is 0.163 e. The second kappa shape index (κ2) is 5.10. The first kappa shape index (κ1) is 12.5. The van der Waals surface area contributed by atoms with Crippen molar-refractivity contribution in [2.75, 3.05) is 0 Å². The summed E-state index contributed by atoms with van der Waals surface area (Å²) in [6, 6.07) is 11.4. The number of carbonyl (C=O) groups is 1. The molecule has 0 saturated carbocycles. The Hall–Kier alpha value is -2.00. The highest BCUT2D eigenvalue weighted by Gasteiger charge is 2.08. The van der Waals surface area contributed by atoms with Gasteiger partial charge in [0.1, 0.15) is 17.2 Å². The summed E-state index contributed by atoms with van der Waals surface area (Å²) in [4.78, 5) is 11.3. The zero-order valence-electron chi connectivity index (χ0n) is 9.68. The number of hydrogen-bond acceptors (Lipinski definition) is 3. The van der Waals surface area contributed by atoms with Crippen molar-refractivity contribution >= 4 is 17.4 Å². The van der Waals surface area contributed by atoms with E-state index in [1.165, 1.54) is 19.1 Å². The first-order chi connectivity index (χ1) is 8.56. The Morgan fingerprint density at radius 1 is 1.11 bits per heavy atom. The van der Waals surface area contributed by atoms with Gasteiger partial charge in [-0.1, -0.05) is 11.6 Å². The first-order valence-corrected chi connectivity index (χ1v) is 5.71. The van der Waals surface area contributed by atoms with Gasteiger partial charge in [0.25, 0.3) is 0 Å². The van der Waals surface area contributed by atoms with Crippen LogP contribution in [0.2, 0.25) is 5.02 Å². The van der Waals surface area contributed by atoms with E-state index in [9.17, 15) is 9.90 Å². The highest BCUT2D eigenvalue weighted by molar-refractivity contribution is 6.30. The highest BCUT2D eigenvalue weighted by Crippen LogP contribution is 2.27. The summed E-state index contributed by atoms with van der Waals surface area (Å²) < 4.78 is 5.56. The fraction of sp³-hybridized carbons (Fsp3) is 0.0714. The third-order valence-corrected chi connectivity index (χ3v) is 2.65. The molecule has 0 bridgehead atoms. The van der Waals surface area contributed by atoms with Crippen molar-refractivity contribution in [2.24, 2.45) is 0 Å². The van der Waals surface area contributed by atoms with Crippen LogP contribution >= 0.6 is 11.6 Å². The van der Waals surface area contributed by atoms with Crippen LogP contribution in [-0.4, -0.2) is 10.9 Å². The van der Waals surface area contributed by atoms with Crippen LogP contribution in [0.3, 0.4) is 0 Å². The number of aromatic hydroxyl groups is 1. The molecule has 0 aromatic heterocycles. The van der Waals surface area contributed by atoms with Crippen LogP contribution in [-0.2, 0) is 0 Å². The molecular formula is C14H11ClO3. The molecular weight excluding hydrogens is 252 g/mol. The first-order valence-electron chi connectivity index (χ1n) is 5.33. The highest BCUT2D eigenvalue weighted by atomic mass is 35.5. The summed E-state index contributed by atoms with van der Waals surface area (Å²) >= 11 is 5.77. The van der Waals surface area contributed by atoms with Crippen molar-refractivity contribution in [3.63, 3.8) is 0 Å². The van der Waals surface area contributed by atoms with Gasteiger partial charge in [0.05, 0.1) is 5.56 Å². The average Bonchev–Trinajstić information content (AvgIpc) is 2.34. The fourth-order valence-electron chi connectivity index (χ4n) is 1.50. The molecule has 4 heteroatoms. The predicted octanol–water partition coefficient (Wildman–Crippen LogP) is 4.04. The molecule has 0 aliphatic heterocycles. The van der Waals surface area contributed by atoms with Gasteiger partial charge in [0.15, 0.2) is 5.78 Å². The van der Waals surface area contributed by atoms with Gasteiger partial charge < -0.3 is 9.84 Å². The van der Waals surface area contributed by atoms with Gasteiger partial charge in [-0.15, -0.1) is 0 Å². The lowest BCUT2D eigenvalue weighted by molar-refractivity contribution is 0.101. The lowest BCUT2D eigenvalue weighted by Crippen LogP contribution is -1.93. The van der Waals surface area contributed by atoms with E-state index in [1.807, 2.05) is 0 Å². The maximum absolute atomic E-state index is 11.3. The number of halogens is 1. The number of benzene rings is 2. The van der Waals surface area contributed by atoms with E-state index in [-0.39, 0.29) is 17.1 Å². The number of Topliss-reactive ketones (excluding diaryl/α,β-unsaturated/α-hetero) is 1. The van der Waals surface area contributed by atoms with Crippen LogP contribution in [0, 0.1) is 0 Å². The van der Waals surface area contributed by atoms with Gasteiger partial charge in [0.2, 0.25) is 0 Å². The molecule has 2 aromatic carbocycles. The van der Waals surface area contributed by atoms with Gasteiger partial charge in [0, 0.05) is 5.02 Å². The maximum atomic E-state index is 11.3. The molecule has 0 aliphatic carbocycles. The summed E-state index contributed by atoms with van der Waals surface area (Å²) in [5, 5.41) is 10.1.